The monoisotopic (exact) mass is 541 g/mol. The average molecular weight is 542 g/mol. The molecule has 1 aliphatic rings. The summed E-state index contributed by atoms with van der Waals surface area (Å²) in [6.07, 6.45) is -5.30. The highest BCUT2D eigenvalue weighted by atomic mass is 32.2. The molecule has 0 bridgehead atoms. The quantitative estimate of drug-likeness (QED) is 0.330. The van der Waals surface area contributed by atoms with Crippen molar-refractivity contribution in [3.8, 4) is 17.4 Å². The zero-order valence-electron chi connectivity index (χ0n) is 21.5. The van der Waals surface area contributed by atoms with Gasteiger partial charge in [0.05, 0.1) is 6.10 Å². The molecule has 4 rings (SSSR count). The summed E-state index contributed by atoms with van der Waals surface area (Å²) in [6.45, 7) is 2.50. The van der Waals surface area contributed by atoms with E-state index in [1.807, 2.05) is 49.3 Å². The van der Waals surface area contributed by atoms with Gasteiger partial charge < -0.3 is 29.4 Å². The minimum atomic E-state index is -4.34. The summed E-state index contributed by atoms with van der Waals surface area (Å²) in [7, 11) is -0.385. The Kier molecular flexibility index (Phi) is 7.94. The fraction of sp³-hybridized carbons (Fsp3) is 0.370. The first-order chi connectivity index (χ1) is 17.9. The Labute approximate surface area is 221 Å². The van der Waals surface area contributed by atoms with E-state index in [-0.39, 0.29) is 11.3 Å². The van der Waals surface area contributed by atoms with Crippen LogP contribution in [0.4, 0.5) is 5.69 Å². The van der Waals surface area contributed by atoms with Gasteiger partial charge in [-0.05, 0) is 48.0 Å². The van der Waals surface area contributed by atoms with Crippen LogP contribution in [0.15, 0.2) is 57.9 Å². The second-order valence-electron chi connectivity index (χ2n) is 9.63. The smallest absolute Gasteiger partial charge is 0.251 e. The summed E-state index contributed by atoms with van der Waals surface area (Å²) in [5.41, 5.74) is 1.97. The molecule has 11 heteroatoms. The fourth-order valence-electron chi connectivity index (χ4n) is 4.33. The zero-order valence-corrected chi connectivity index (χ0v) is 22.3. The number of nitriles is 1. The van der Waals surface area contributed by atoms with Crippen LogP contribution in [0.25, 0.3) is 27.7 Å². The summed E-state index contributed by atoms with van der Waals surface area (Å²) in [4.78, 5) is 1.46. The number of aliphatic hydroxyl groups excluding tert-OH is 3. The zero-order chi connectivity index (χ0) is 27.8. The van der Waals surface area contributed by atoms with Crippen molar-refractivity contribution in [2.75, 3.05) is 25.5 Å². The highest BCUT2D eigenvalue weighted by Crippen LogP contribution is 2.31. The molecule has 0 spiro atoms. The van der Waals surface area contributed by atoms with E-state index in [2.05, 4.69) is 10.8 Å². The normalized spacial score (nSPS) is 24.6. The molecule has 1 unspecified atom stereocenters. The second-order valence-corrected chi connectivity index (χ2v) is 11.3. The third kappa shape index (κ3) is 5.47. The van der Waals surface area contributed by atoms with Crippen molar-refractivity contribution in [3.63, 3.8) is 0 Å². The van der Waals surface area contributed by atoms with Crippen LogP contribution in [0.3, 0.4) is 0 Å². The SMILES string of the molecule is C/C(=C(/C#N)S(=O)(=O)NC[C@H]1OC(O)[C@H](C)[C@@H](O)[C@@H]1O)c1ccc(-c2ccc3cc(N(C)C)ccc3c2)o1. The minimum absolute atomic E-state index is 0.0986. The van der Waals surface area contributed by atoms with Gasteiger partial charge in [0.25, 0.3) is 10.0 Å². The molecule has 4 N–H and O–H groups in total. The van der Waals surface area contributed by atoms with Crippen LogP contribution < -0.4 is 9.62 Å². The molecule has 10 nitrogen and oxygen atoms in total. The lowest BCUT2D eigenvalue weighted by atomic mass is 9.92. The van der Waals surface area contributed by atoms with E-state index in [0.29, 0.717) is 5.76 Å². The van der Waals surface area contributed by atoms with Gasteiger partial charge in [-0.2, -0.15) is 5.26 Å². The second kappa shape index (κ2) is 10.9. The number of ether oxygens (including phenoxy) is 1. The predicted octanol–water partition coefficient (Wildman–Crippen LogP) is 2.41. The van der Waals surface area contributed by atoms with Crippen LogP contribution in [0.2, 0.25) is 0 Å². The van der Waals surface area contributed by atoms with Crippen molar-refractivity contribution in [3.05, 3.63) is 59.2 Å². The first-order valence-electron chi connectivity index (χ1n) is 12.0. The molecule has 202 valence electrons. The molecule has 2 aromatic carbocycles. The number of nitrogens with one attached hydrogen (secondary N) is 1. The van der Waals surface area contributed by atoms with Gasteiger partial charge in [-0.3, -0.25) is 0 Å². The van der Waals surface area contributed by atoms with Gasteiger partial charge in [-0.1, -0.05) is 25.1 Å². The van der Waals surface area contributed by atoms with Crippen molar-refractivity contribution in [2.45, 2.75) is 38.4 Å². The number of furan rings is 1. The first kappa shape index (κ1) is 27.8. The van der Waals surface area contributed by atoms with Crippen molar-refractivity contribution < 1.29 is 32.9 Å². The number of hydrogen-bond acceptors (Lipinski definition) is 9. The number of rotatable bonds is 7. The predicted molar refractivity (Wildman–Crippen MR) is 143 cm³/mol. The molecule has 0 radical (unpaired) electrons. The Morgan fingerprint density at radius 2 is 1.74 bits per heavy atom. The maximum absolute atomic E-state index is 13.0. The highest BCUT2D eigenvalue weighted by molar-refractivity contribution is 7.93. The molecule has 0 saturated carbocycles. The van der Waals surface area contributed by atoms with Crippen molar-refractivity contribution in [2.24, 2.45) is 5.92 Å². The van der Waals surface area contributed by atoms with Crippen LogP contribution >= 0.6 is 0 Å². The number of benzene rings is 2. The lowest BCUT2D eigenvalue weighted by Gasteiger charge is -2.39. The largest absolute Gasteiger partial charge is 0.456 e. The average Bonchev–Trinajstić information content (AvgIpc) is 3.39. The molecular formula is C27H31N3O7S. The summed E-state index contributed by atoms with van der Waals surface area (Å²) < 4.78 is 39.3. The van der Waals surface area contributed by atoms with Crippen molar-refractivity contribution in [1.82, 2.24) is 4.72 Å². The molecule has 1 fully saturated rings. The molecule has 38 heavy (non-hydrogen) atoms. The van der Waals surface area contributed by atoms with Gasteiger partial charge in [0.2, 0.25) is 0 Å². The van der Waals surface area contributed by atoms with Crippen molar-refractivity contribution in [1.29, 1.82) is 5.26 Å². The number of nitrogens with zero attached hydrogens (tertiary/aromatic N) is 2. The molecule has 1 saturated heterocycles. The number of fused-ring (bicyclic) bond motifs is 1. The number of allylic oxidation sites excluding steroid dienone is 2. The molecule has 2 heterocycles. The van der Waals surface area contributed by atoms with Crippen LogP contribution in [0, 0.1) is 17.2 Å². The van der Waals surface area contributed by atoms with E-state index in [4.69, 9.17) is 9.15 Å². The lowest BCUT2D eigenvalue weighted by Crippen LogP contribution is -2.56. The third-order valence-corrected chi connectivity index (χ3v) is 8.30. The van der Waals surface area contributed by atoms with E-state index < -0.39 is 52.0 Å². The molecule has 1 aliphatic heterocycles. The van der Waals surface area contributed by atoms with Crippen molar-refractivity contribution >= 4 is 32.1 Å². The van der Waals surface area contributed by atoms with Crippen LogP contribution in [-0.4, -0.2) is 69.0 Å². The van der Waals surface area contributed by atoms with E-state index >= 15 is 0 Å². The van der Waals surface area contributed by atoms with Crippen LogP contribution in [0.1, 0.15) is 19.6 Å². The standard InChI is InChI=1S/C27H31N3O7S/c1-15(24(13-28)38(34,35)29-14-23-26(32)25(31)16(2)27(33)37-23)21-9-10-22(36-21)19-6-5-18-12-20(30(3)4)8-7-17(18)11-19/h5-12,16,23,25-27,29,31-33H,14H2,1-4H3/b24-15+/t16-,23-,25-,26-,27?/m1/s1. The first-order valence-corrected chi connectivity index (χ1v) is 13.5. The highest BCUT2D eigenvalue weighted by Gasteiger charge is 2.41. The molecule has 3 aromatic rings. The Hall–Kier alpha value is -3.24. The number of aliphatic hydroxyl groups is 3. The Balaban J connectivity index is 1.55. The number of hydrogen-bond donors (Lipinski definition) is 4. The maximum atomic E-state index is 13.0. The van der Waals surface area contributed by atoms with Crippen LogP contribution in [0.5, 0.6) is 0 Å². The Bertz CT molecular complexity index is 1510. The molecule has 5 atom stereocenters. The molecular weight excluding hydrogens is 510 g/mol. The topological polar surface area (TPSA) is 156 Å². The van der Waals surface area contributed by atoms with Gasteiger partial charge in [0.1, 0.15) is 29.8 Å². The summed E-state index contributed by atoms with van der Waals surface area (Å²) >= 11 is 0. The maximum Gasteiger partial charge on any atom is 0.251 e. The minimum Gasteiger partial charge on any atom is -0.456 e. The molecule has 0 amide bonds. The Morgan fingerprint density at radius 3 is 2.42 bits per heavy atom. The summed E-state index contributed by atoms with van der Waals surface area (Å²) in [5.74, 6) is -0.0315. The molecule has 1 aromatic heterocycles. The van der Waals surface area contributed by atoms with E-state index in [0.717, 1.165) is 22.0 Å². The number of anilines is 1. The van der Waals surface area contributed by atoms with E-state index in [9.17, 15) is 29.0 Å². The van der Waals surface area contributed by atoms with Gasteiger partial charge in [0.15, 0.2) is 11.2 Å². The van der Waals surface area contributed by atoms with Gasteiger partial charge in [-0.15, -0.1) is 0 Å². The van der Waals surface area contributed by atoms with Gasteiger partial charge in [-0.25, -0.2) is 13.1 Å². The van der Waals surface area contributed by atoms with Gasteiger partial charge in [0, 0.05) is 43.4 Å². The number of sulfonamides is 1. The van der Waals surface area contributed by atoms with E-state index in [1.54, 1.807) is 18.2 Å². The van der Waals surface area contributed by atoms with E-state index in [1.165, 1.54) is 13.8 Å². The Morgan fingerprint density at radius 1 is 1.05 bits per heavy atom. The van der Waals surface area contributed by atoms with Gasteiger partial charge >= 0.3 is 0 Å². The lowest BCUT2D eigenvalue weighted by molar-refractivity contribution is -0.257. The fourth-order valence-corrected chi connectivity index (χ4v) is 5.48. The summed E-state index contributed by atoms with van der Waals surface area (Å²) in [5, 5.41) is 41.9. The molecule has 0 aliphatic carbocycles. The van der Waals surface area contributed by atoms with Crippen LogP contribution in [-0.2, 0) is 14.8 Å². The third-order valence-electron chi connectivity index (χ3n) is 6.82. The summed E-state index contributed by atoms with van der Waals surface area (Å²) in [6, 6.07) is 17.0.